The summed E-state index contributed by atoms with van der Waals surface area (Å²) in [5.41, 5.74) is 2.92. The molecule has 0 spiro atoms. The molecule has 1 N–H and O–H groups in total. The first kappa shape index (κ1) is 23.9. The molecule has 0 unspecified atom stereocenters. The van der Waals surface area contributed by atoms with Crippen LogP contribution < -0.4 is 14.8 Å². The van der Waals surface area contributed by atoms with E-state index in [1.807, 2.05) is 61.7 Å². The molecule has 2 aromatic carbocycles. The monoisotopic (exact) mass is 474 g/mol. The van der Waals surface area contributed by atoms with Crippen LogP contribution >= 0.6 is 23.4 Å². The predicted octanol–water partition coefficient (Wildman–Crippen LogP) is 4.48. The molecule has 0 aliphatic rings. The third kappa shape index (κ3) is 6.40. The van der Waals surface area contributed by atoms with Gasteiger partial charge < -0.3 is 14.8 Å². The van der Waals surface area contributed by atoms with Crippen molar-refractivity contribution in [2.45, 2.75) is 32.3 Å². The fourth-order valence-electron chi connectivity index (χ4n) is 3.01. The van der Waals surface area contributed by atoms with Crippen molar-refractivity contribution < 1.29 is 14.3 Å². The molecule has 0 saturated heterocycles. The van der Waals surface area contributed by atoms with Gasteiger partial charge in [0.2, 0.25) is 5.91 Å². The van der Waals surface area contributed by atoms with E-state index in [9.17, 15) is 4.79 Å². The SMILES string of the molecule is CCOc1ccc(CCNC(=O)CSc2nncn2-c2ccc(C)c(Cl)c2)cc1OCC. The van der Waals surface area contributed by atoms with Gasteiger partial charge in [0.25, 0.3) is 0 Å². The molecule has 0 radical (unpaired) electrons. The van der Waals surface area contributed by atoms with E-state index in [-0.39, 0.29) is 11.7 Å². The van der Waals surface area contributed by atoms with Crippen molar-refractivity contribution in [3.63, 3.8) is 0 Å². The van der Waals surface area contributed by atoms with Crippen molar-refractivity contribution in [2.24, 2.45) is 0 Å². The summed E-state index contributed by atoms with van der Waals surface area (Å²) in [4.78, 5) is 12.3. The summed E-state index contributed by atoms with van der Waals surface area (Å²) in [6, 6.07) is 11.6. The maximum atomic E-state index is 12.3. The van der Waals surface area contributed by atoms with Gasteiger partial charge in [0.15, 0.2) is 16.7 Å². The summed E-state index contributed by atoms with van der Waals surface area (Å²) in [7, 11) is 0. The lowest BCUT2D eigenvalue weighted by atomic mass is 10.1. The van der Waals surface area contributed by atoms with Crippen LogP contribution in [0.4, 0.5) is 0 Å². The van der Waals surface area contributed by atoms with Crippen molar-refractivity contribution >= 4 is 29.3 Å². The summed E-state index contributed by atoms with van der Waals surface area (Å²) in [5, 5.41) is 12.3. The van der Waals surface area contributed by atoms with E-state index in [0.717, 1.165) is 28.3 Å². The highest BCUT2D eigenvalue weighted by molar-refractivity contribution is 7.99. The number of halogens is 1. The van der Waals surface area contributed by atoms with E-state index in [1.54, 1.807) is 6.33 Å². The van der Waals surface area contributed by atoms with Gasteiger partial charge in [0, 0.05) is 11.6 Å². The molecule has 1 heterocycles. The molecule has 0 fully saturated rings. The van der Waals surface area contributed by atoms with Gasteiger partial charge in [-0.1, -0.05) is 35.5 Å². The first-order valence-corrected chi connectivity index (χ1v) is 11.8. The van der Waals surface area contributed by atoms with E-state index in [4.69, 9.17) is 21.1 Å². The summed E-state index contributed by atoms with van der Waals surface area (Å²) in [5.74, 6) is 1.63. The third-order valence-electron chi connectivity index (χ3n) is 4.63. The molecule has 32 heavy (non-hydrogen) atoms. The Morgan fingerprint density at radius 2 is 1.91 bits per heavy atom. The molecule has 0 aliphatic carbocycles. The lowest BCUT2D eigenvalue weighted by Crippen LogP contribution is -2.27. The molecular formula is C23H27ClN4O3S. The van der Waals surface area contributed by atoms with Gasteiger partial charge in [-0.05, 0) is 62.6 Å². The van der Waals surface area contributed by atoms with Crippen LogP contribution in [-0.4, -0.2) is 46.2 Å². The maximum absolute atomic E-state index is 12.3. The standard InChI is InChI=1S/C23H27ClN4O3S/c1-4-30-20-9-7-17(12-21(20)31-5-2)10-11-25-22(29)14-32-23-27-26-15-28(23)18-8-6-16(3)19(24)13-18/h6-9,12-13,15H,4-5,10-11,14H2,1-3H3,(H,25,29). The molecule has 1 aromatic heterocycles. The topological polar surface area (TPSA) is 78.3 Å². The number of thioether (sulfide) groups is 1. The van der Waals surface area contributed by atoms with Crippen LogP contribution in [0.2, 0.25) is 5.02 Å². The van der Waals surface area contributed by atoms with Crippen LogP contribution in [0.5, 0.6) is 11.5 Å². The number of carbonyl (C=O) groups is 1. The highest BCUT2D eigenvalue weighted by Gasteiger charge is 2.11. The minimum Gasteiger partial charge on any atom is -0.490 e. The van der Waals surface area contributed by atoms with Crippen LogP contribution in [0.25, 0.3) is 5.69 Å². The average molecular weight is 475 g/mol. The zero-order chi connectivity index (χ0) is 22.9. The first-order valence-electron chi connectivity index (χ1n) is 10.5. The summed E-state index contributed by atoms with van der Waals surface area (Å²) in [6.07, 6.45) is 2.31. The normalized spacial score (nSPS) is 10.8. The molecule has 7 nitrogen and oxygen atoms in total. The van der Waals surface area contributed by atoms with Crippen molar-refractivity contribution in [3.05, 3.63) is 58.9 Å². The smallest absolute Gasteiger partial charge is 0.230 e. The van der Waals surface area contributed by atoms with E-state index in [0.29, 0.717) is 36.4 Å². The Morgan fingerprint density at radius 3 is 2.66 bits per heavy atom. The molecule has 3 aromatic rings. The van der Waals surface area contributed by atoms with Crippen LogP contribution in [0.1, 0.15) is 25.0 Å². The summed E-state index contributed by atoms with van der Waals surface area (Å²) >= 11 is 7.56. The number of benzene rings is 2. The zero-order valence-electron chi connectivity index (χ0n) is 18.4. The molecular weight excluding hydrogens is 448 g/mol. The maximum Gasteiger partial charge on any atom is 0.230 e. The lowest BCUT2D eigenvalue weighted by Gasteiger charge is -2.12. The van der Waals surface area contributed by atoms with Gasteiger partial charge in [-0.2, -0.15) is 0 Å². The van der Waals surface area contributed by atoms with Gasteiger partial charge in [0.1, 0.15) is 6.33 Å². The molecule has 3 rings (SSSR count). The van der Waals surface area contributed by atoms with Gasteiger partial charge in [-0.25, -0.2) is 0 Å². The number of hydrogen-bond donors (Lipinski definition) is 1. The molecule has 0 bridgehead atoms. The number of carbonyl (C=O) groups excluding carboxylic acids is 1. The predicted molar refractivity (Wildman–Crippen MR) is 127 cm³/mol. The van der Waals surface area contributed by atoms with Gasteiger partial charge in [0.05, 0.1) is 24.7 Å². The van der Waals surface area contributed by atoms with Crippen molar-refractivity contribution in [1.82, 2.24) is 20.1 Å². The third-order valence-corrected chi connectivity index (χ3v) is 5.98. The Balaban J connectivity index is 1.51. The second kappa shape index (κ2) is 11.8. The first-order chi connectivity index (χ1) is 15.5. The number of nitrogens with one attached hydrogen (secondary N) is 1. The molecule has 0 saturated carbocycles. The number of aromatic nitrogens is 3. The van der Waals surface area contributed by atoms with E-state index in [1.165, 1.54) is 11.8 Å². The van der Waals surface area contributed by atoms with E-state index >= 15 is 0 Å². The minimum absolute atomic E-state index is 0.0672. The molecule has 0 atom stereocenters. The second-order valence-corrected chi connectivity index (χ2v) is 8.30. The number of hydrogen-bond acceptors (Lipinski definition) is 6. The zero-order valence-corrected chi connectivity index (χ0v) is 20.0. The molecule has 9 heteroatoms. The van der Waals surface area contributed by atoms with Crippen LogP contribution in [0, 0.1) is 6.92 Å². The Bertz CT molecular complexity index is 1060. The highest BCUT2D eigenvalue weighted by atomic mass is 35.5. The Labute approximate surface area is 197 Å². The fourth-order valence-corrected chi connectivity index (χ4v) is 3.94. The van der Waals surface area contributed by atoms with E-state index in [2.05, 4.69) is 15.5 Å². The van der Waals surface area contributed by atoms with Crippen LogP contribution in [0.15, 0.2) is 47.9 Å². The molecule has 1 amide bonds. The van der Waals surface area contributed by atoms with Crippen LogP contribution in [-0.2, 0) is 11.2 Å². The van der Waals surface area contributed by atoms with Crippen molar-refractivity contribution in [1.29, 1.82) is 0 Å². The Kier molecular flexibility index (Phi) is 8.81. The van der Waals surface area contributed by atoms with Gasteiger partial charge >= 0.3 is 0 Å². The lowest BCUT2D eigenvalue weighted by molar-refractivity contribution is -0.118. The molecule has 170 valence electrons. The minimum atomic E-state index is -0.0672. The van der Waals surface area contributed by atoms with Gasteiger partial charge in [-0.15, -0.1) is 10.2 Å². The number of ether oxygens (including phenoxy) is 2. The number of amides is 1. The van der Waals surface area contributed by atoms with Gasteiger partial charge in [-0.3, -0.25) is 9.36 Å². The number of rotatable bonds is 11. The Hall–Kier alpha value is -2.71. The summed E-state index contributed by atoms with van der Waals surface area (Å²) < 4.78 is 13.1. The second-order valence-electron chi connectivity index (χ2n) is 6.95. The number of aryl methyl sites for hydroxylation is 1. The highest BCUT2D eigenvalue weighted by Crippen LogP contribution is 2.28. The Morgan fingerprint density at radius 1 is 1.12 bits per heavy atom. The largest absolute Gasteiger partial charge is 0.490 e. The van der Waals surface area contributed by atoms with Crippen molar-refractivity contribution in [3.8, 4) is 17.2 Å². The quantitative estimate of drug-likeness (QED) is 0.413. The van der Waals surface area contributed by atoms with E-state index < -0.39 is 0 Å². The number of nitrogens with zero attached hydrogens (tertiary/aromatic N) is 3. The molecule has 0 aliphatic heterocycles. The summed E-state index contributed by atoms with van der Waals surface area (Å²) in [6.45, 7) is 7.50. The van der Waals surface area contributed by atoms with Crippen LogP contribution in [0.3, 0.4) is 0 Å². The van der Waals surface area contributed by atoms with Crippen molar-refractivity contribution in [2.75, 3.05) is 25.5 Å². The fraction of sp³-hybridized carbons (Fsp3) is 0.348. The average Bonchev–Trinajstić information content (AvgIpc) is 3.25.